The molecular weight excluding hydrogens is 244 g/mol. The van der Waals surface area contributed by atoms with Crippen LogP contribution >= 0.6 is 0 Å². The molecule has 2 rings (SSSR count). The zero-order valence-corrected chi connectivity index (χ0v) is 10.7. The van der Waals surface area contributed by atoms with Gasteiger partial charge in [0.1, 0.15) is 11.6 Å². The van der Waals surface area contributed by atoms with Gasteiger partial charge in [-0.25, -0.2) is 0 Å². The molecule has 0 spiro atoms. The van der Waals surface area contributed by atoms with Crippen LogP contribution in [0.15, 0.2) is 18.2 Å². The van der Waals surface area contributed by atoms with Gasteiger partial charge in [0.05, 0.1) is 4.92 Å². The third-order valence-electron chi connectivity index (χ3n) is 3.64. The quantitative estimate of drug-likeness (QED) is 0.644. The van der Waals surface area contributed by atoms with Crippen LogP contribution in [0.1, 0.15) is 18.9 Å². The second-order valence-corrected chi connectivity index (χ2v) is 4.95. The van der Waals surface area contributed by atoms with Gasteiger partial charge in [-0.1, -0.05) is 6.92 Å². The van der Waals surface area contributed by atoms with Gasteiger partial charge in [-0.05, 0) is 24.5 Å². The van der Waals surface area contributed by atoms with Crippen molar-refractivity contribution in [2.75, 3.05) is 18.0 Å². The molecule has 100 valence electrons. The fourth-order valence-electron chi connectivity index (χ4n) is 2.36. The molecule has 19 heavy (non-hydrogen) atoms. The predicted octanol–water partition coefficient (Wildman–Crippen LogP) is 1.64. The average Bonchev–Trinajstić information content (AvgIpc) is 2.41. The standard InChI is InChI=1S/C13H16N4O2/c1-9-8-16(5-4-12(9)15)11-3-2-10(7-14)13(6-11)17(18)19/h2-3,6,9,12H,4-5,8,15H2,1H3. The van der Waals surface area contributed by atoms with E-state index in [1.165, 1.54) is 12.1 Å². The first kappa shape index (κ1) is 13.3. The minimum Gasteiger partial charge on any atom is -0.371 e. The second kappa shape index (κ2) is 5.24. The Hall–Kier alpha value is -2.13. The van der Waals surface area contributed by atoms with E-state index in [0.29, 0.717) is 5.92 Å². The summed E-state index contributed by atoms with van der Waals surface area (Å²) in [6, 6.07) is 6.77. The third kappa shape index (κ3) is 2.66. The molecule has 0 bridgehead atoms. The minimum absolute atomic E-state index is 0.0931. The molecule has 6 heteroatoms. The Balaban J connectivity index is 2.29. The number of rotatable bonds is 2. The van der Waals surface area contributed by atoms with Crippen molar-refractivity contribution in [2.45, 2.75) is 19.4 Å². The molecule has 6 nitrogen and oxygen atoms in total. The van der Waals surface area contributed by atoms with Gasteiger partial charge in [0.25, 0.3) is 5.69 Å². The molecule has 2 unspecified atom stereocenters. The number of hydrogen-bond acceptors (Lipinski definition) is 5. The molecule has 1 aliphatic rings. The van der Waals surface area contributed by atoms with Crippen molar-refractivity contribution in [3.8, 4) is 6.07 Å². The average molecular weight is 260 g/mol. The van der Waals surface area contributed by atoms with E-state index < -0.39 is 4.92 Å². The summed E-state index contributed by atoms with van der Waals surface area (Å²) in [6.45, 7) is 3.65. The Morgan fingerprint density at radius 1 is 1.58 bits per heavy atom. The van der Waals surface area contributed by atoms with E-state index >= 15 is 0 Å². The molecule has 2 atom stereocenters. The van der Waals surface area contributed by atoms with Crippen LogP contribution in [0.5, 0.6) is 0 Å². The fourth-order valence-corrected chi connectivity index (χ4v) is 2.36. The molecule has 1 aliphatic heterocycles. The Morgan fingerprint density at radius 3 is 2.89 bits per heavy atom. The van der Waals surface area contributed by atoms with E-state index in [4.69, 9.17) is 11.0 Å². The molecule has 2 N–H and O–H groups in total. The van der Waals surface area contributed by atoms with Crippen molar-refractivity contribution in [1.82, 2.24) is 0 Å². The molecule has 1 aromatic carbocycles. The van der Waals surface area contributed by atoms with Crippen LogP contribution in [0, 0.1) is 27.4 Å². The topological polar surface area (TPSA) is 96.2 Å². The highest BCUT2D eigenvalue weighted by molar-refractivity contribution is 5.60. The van der Waals surface area contributed by atoms with Crippen LogP contribution in [0.4, 0.5) is 11.4 Å². The van der Waals surface area contributed by atoms with Gasteiger partial charge in [-0.15, -0.1) is 0 Å². The number of hydrogen-bond donors (Lipinski definition) is 1. The molecule has 1 heterocycles. The van der Waals surface area contributed by atoms with Crippen molar-refractivity contribution in [3.63, 3.8) is 0 Å². The molecule has 0 radical (unpaired) electrons. The summed E-state index contributed by atoms with van der Waals surface area (Å²) >= 11 is 0. The first-order valence-electron chi connectivity index (χ1n) is 6.22. The van der Waals surface area contributed by atoms with Crippen LogP contribution in [-0.2, 0) is 0 Å². The maximum absolute atomic E-state index is 10.9. The van der Waals surface area contributed by atoms with Crippen molar-refractivity contribution in [1.29, 1.82) is 5.26 Å². The van der Waals surface area contributed by atoms with Crippen molar-refractivity contribution in [2.24, 2.45) is 11.7 Å². The van der Waals surface area contributed by atoms with Crippen LogP contribution in [0.25, 0.3) is 0 Å². The maximum atomic E-state index is 10.9. The van der Waals surface area contributed by atoms with E-state index in [1.807, 2.05) is 6.07 Å². The monoisotopic (exact) mass is 260 g/mol. The number of piperidine rings is 1. The van der Waals surface area contributed by atoms with E-state index in [1.54, 1.807) is 6.07 Å². The number of nitriles is 1. The summed E-state index contributed by atoms with van der Waals surface area (Å²) in [7, 11) is 0. The lowest BCUT2D eigenvalue weighted by Gasteiger charge is -2.36. The zero-order chi connectivity index (χ0) is 14.0. The molecule has 0 aromatic heterocycles. The summed E-state index contributed by atoms with van der Waals surface area (Å²) < 4.78 is 0. The van der Waals surface area contributed by atoms with Gasteiger partial charge in [0, 0.05) is 30.9 Å². The van der Waals surface area contributed by atoms with Crippen molar-refractivity contribution < 1.29 is 4.92 Å². The Kier molecular flexibility index (Phi) is 3.67. The number of nitrogens with zero attached hydrogens (tertiary/aromatic N) is 3. The highest BCUT2D eigenvalue weighted by Crippen LogP contribution is 2.28. The largest absolute Gasteiger partial charge is 0.371 e. The van der Waals surface area contributed by atoms with Crippen LogP contribution in [-0.4, -0.2) is 24.1 Å². The normalized spacial score (nSPS) is 22.9. The SMILES string of the molecule is CC1CN(c2ccc(C#N)c([N+](=O)[O-])c2)CCC1N. The second-order valence-electron chi connectivity index (χ2n) is 4.95. The summed E-state index contributed by atoms with van der Waals surface area (Å²) in [5, 5.41) is 19.8. The third-order valence-corrected chi connectivity index (χ3v) is 3.64. The molecule has 0 saturated carbocycles. The molecule has 1 fully saturated rings. The van der Waals surface area contributed by atoms with E-state index in [-0.39, 0.29) is 17.3 Å². The van der Waals surface area contributed by atoms with Crippen LogP contribution < -0.4 is 10.6 Å². The summed E-state index contributed by atoms with van der Waals surface area (Å²) in [4.78, 5) is 12.5. The van der Waals surface area contributed by atoms with Gasteiger partial charge in [-0.3, -0.25) is 10.1 Å². The lowest BCUT2D eigenvalue weighted by Crippen LogP contribution is -2.45. The predicted molar refractivity (Wildman–Crippen MR) is 71.8 cm³/mol. The van der Waals surface area contributed by atoms with E-state index in [0.717, 1.165) is 25.2 Å². The van der Waals surface area contributed by atoms with Crippen molar-refractivity contribution in [3.05, 3.63) is 33.9 Å². The summed E-state index contributed by atoms with van der Waals surface area (Å²) in [5.41, 5.74) is 6.70. The maximum Gasteiger partial charge on any atom is 0.289 e. The Morgan fingerprint density at radius 2 is 2.32 bits per heavy atom. The van der Waals surface area contributed by atoms with Gasteiger partial charge in [0.15, 0.2) is 0 Å². The highest BCUT2D eigenvalue weighted by atomic mass is 16.6. The fraction of sp³-hybridized carbons (Fsp3) is 0.462. The molecule has 1 aromatic rings. The molecule has 1 saturated heterocycles. The number of benzene rings is 1. The molecule has 0 amide bonds. The molecule has 0 aliphatic carbocycles. The number of nitrogens with two attached hydrogens (primary N) is 1. The highest BCUT2D eigenvalue weighted by Gasteiger charge is 2.25. The van der Waals surface area contributed by atoms with E-state index in [2.05, 4.69) is 11.8 Å². The Bertz CT molecular complexity index is 538. The summed E-state index contributed by atoms with van der Waals surface area (Å²) in [6.07, 6.45) is 0.870. The number of nitro groups is 1. The first-order valence-corrected chi connectivity index (χ1v) is 6.22. The summed E-state index contributed by atoms with van der Waals surface area (Å²) in [5.74, 6) is 0.350. The van der Waals surface area contributed by atoms with Gasteiger partial charge in [0.2, 0.25) is 0 Å². The number of nitro benzene ring substituents is 1. The van der Waals surface area contributed by atoms with Gasteiger partial charge in [-0.2, -0.15) is 5.26 Å². The number of anilines is 1. The zero-order valence-electron chi connectivity index (χ0n) is 10.7. The first-order chi connectivity index (χ1) is 9.02. The molecular formula is C13H16N4O2. The lowest BCUT2D eigenvalue weighted by molar-refractivity contribution is -0.385. The lowest BCUT2D eigenvalue weighted by atomic mass is 9.94. The van der Waals surface area contributed by atoms with Gasteiger partial charge >= 0.3 is 0 Å². The van der Waals surface area contributed by atoms with Crippen LogP contribution in [0.2, 0.25) is 0 Å². The Labute approximate surface area is 111 Å². The minimum atomic E-state index is -0.513. The smallest absolute Gasteiger partial charge is 0.289 e. The van der Waals surface area contributed by atoms with Crippen LogP contribution in [0.3, 0.4) is 0 Å². The van der Waals surface area contributed by atoms with E-state index in [9.17, 15) is 10.1 Å². The van der Waals surface area contributed by atoms with Gasteiger partial charge < -0.3 is 10.6 Å². The van der Waals surface area contributed by atoms with Crippen molar-refractivity contribution >= 4 is 11.4 Å².